The molecule has 7 aromatic carbocycles. The molecule has 0 atom stereocenters. The highest BCUT2D eigenvalue weighted by Crippen LogP contribution is 2.46. The van der Waals surface area contributed by atoms with Crippen LogP contribution in [-0.4, -0.2) is 23.5 Å². The molecule has 0 unspecified atom stereocenters. The number of nitrogens with zero attached hydrogens (tertiary/aromatic N) is 5. The van der Waals surface area contributed by atoms with E-state index in [4.69, 9.17) is 9.97 Å². The van der Waals surface area contributed by atoms with Crippen LogP contribution in [0.3, 0.4) is 0 Å². The van der Waals surface area contributed by atoms with E-state index >= 15 is 0 Å². The van der Waals surface area contributed by atoms with Crippen molar-refractivity contribution in [1.82, 2.24) is 23.5 Å². The van der Waals surface area contributed by atoms with Crippen molar-refractivity contribution in [3.63, 3.8) is 0 Å². The van der Waals surface area contributed by atoms with Gasteiger partial charge in [-0.15, -0.1) is 0 Å². The largest absolute Gasteiger partial charge is 0.309 e. The minimum absolute atomic E-state index is 0.661. The molecule has 0 amide bonds. The molecule has 13 aromatic rings. The van der Waals surface area contributed by atoms with E-state index in [1.54, 1.807) is 0 Å². The Kier molecular flexibility index (Phi) is 6.10. The van der Waals surface area contributed by atoms with Gasteiger partial charge in [0.1, 0.15) is 0 Å². The van der Waals surface area contributed by atoms with Crippen molar-refractivity contribution in [1.29, 1.82) is 0 Å². The zero-order chi connectivity index (χ0) is 37.2. The lowest BCUT2D eigenvalue weighted by Gasteiger charge is -2.12. The normalized spacial score (nSPS) is 12.2. The highest BCUT2D eigenvalue weighted by Gasteiger charge is 2.26. The highest BCUT2D eigenvalue weighted by molar-refractivity contribution is 6.29. The summed E-state index contributed by atoms with van der Waals surface area (Å²) in [5, 5.41) is 8.35. The standard InChI is InChI=1S/C52H31N5/c1-3-14-32(15-4-1)49-39-21-9-11-22-42(39)53-52(54-49)57-46-29-27-34(31-41(46)48-47-25-13-24-44-36-18-7-8-20-38(36)50(51(48)57)56(44)47)33-26-28-45-40(30-33)37-19-10-12-23-43(37)55(45)35-16-5-2-6-17-35/h1-31H. The molecule has 0 aliphatic heterocycles. The van der Waals surface area contributed by atoms with E-state index in [1.165, 1.54) is 71.0 Å². The van der Waals surface area contributed by atoms with E-state index in [0.717, 1.165) is 38.9 Å². The SMILES string of the molecule is c1ccc(-c2nc(-n3c4ccc(-c5ccc6c(c5)c5ccccc5n6-c5ccccc5)cc4c4c3c3c5ccccc5c5cccc4n53)nc3ccccc23)cc1. The molecule has 57 heavy (non-hydrogen) atoms. The van der Waals surface area contributed by atoms with Crippen LogP contribution in [0.2, 0.25) is 0 Å². The topological polar surface area (TPSA) is 40.0 Å². The van der Waals surface area contributed by atoms with Gasteiger partial charge in [-0.1, -0.05) is 127 Å². The van der Waals surface area contributed by atoms with Crippen molar-refractivity contribution < 1.29 is 0 Å². The first-order chi connectivity index (χ1) is 28.3. The van der Waals surface area contributed by atoms with E-state index < -0.39 is 0 Å². The van der Waals surface area contributed by atoms with Gasteiger partial charge < -0.3 is 8.97 Å². The van der Waals surface area contributed by atoms with E-state index in [0.29, 0.717) is 5.95 Å². The van der Waals surface area contributed by atoms with Crippen LogP contribution in [0.15, 0.2) is 188 Å². The van der Waals surface area contributed by atoms with Crippen LogP contribution < -0.4 is 0 Å². The first-order valence-corrected chi connectivity index (χ1v) is 19.4. The molecule has 0 fully saturated rings. The minimum Gasteiger partial charge on any atom is -0.309 e. The summed E-state index contributed by atoms with van der Waals surface area (Å²) in [5.74, 6) is 0.661. The molecule has 5 nitrogen and oxygen atoms in total. The maximum absolute atomic E-state index is 5.44. The third kappa shape index (κ3) is 4.17. The molecule has 0 N–H and O–H groups in total. The zero-order valence-electron chi connectivity index (χ0n) is 30.6. The molecule has 13 rings (SSSR count). The van der Waals surface area contributed by atoms with Crippen LogP contribution in [0.5, 0.6) is 0 Å². The summed E-state index contributed by atoms with van der Waals surface area (Å²) >= 11 is 0. The van der Waals surface area contributed by atoms with Crippen molar-refractivity contribution in [2.24, 2.45) is 0 Å². The third-order valence-corrected chi connectivity index (χ3v) is 12.0. The number of aromatic nitrogens is 5. The van der Waals surface area contributed by atoms with Crippen LogP contribution in [0.1, 0.15) is 0 Å². The summed E-state index contributed by atoms with van der Waals surface area (Å²) < 4.78 is 7.14. The van der Waals surface area contributed by atoms with Crippen LogP contribution in [0, 0.1) is 0 Å². The Morgan fingerprint density at radius 3 is 1.70 bits per heavy atom. The lowest BCUT2D eigenvalue weighted by Crippen LogP contribution is -2.03. The second-order valence-corrected chi connectivity index (χ2v) is 15.0. The number of hydrogen-bond acceptors (Lipinski definition) is 2. The second-order valence-electron chi connectivity index (χ2n) is 15.0. The second kappa shape index (κ2) is 11.4. The van der Waals surface area contributed by atoms with Crippen molar-refractivity contribution >= 4 is 81.8 Å². The minimum atomic E-state index is 0.661. The smallest absolute Gasteiger partial charge is 0.235 e. The van der Waals surface area contributed by atoms with Crippen molar-refractivity contribution in [3.05, 3.63) is 188 Å². The Labute approximate surface area is 326 Å². The Morgan fingerprint density at radius 1 is 0.333 bits per heavy atom. The molecule has 0 saturated carbocycles. The number of para-hydroxylation sites is 3. The van der Waals surface area contributed by atoms with Gasteiger partial charge >= 0.3 is 0 Å². The molecular weight excluding hydrogens is 695 g/mol. The van der Waals surface area contributed by atoms with Crippen molar-refractivity contribution in [2.75, 3.05) is 0 Å². The van der Waals surface area contributed by atoms with Gasteiger partial charge in [0.25, 0.3) is 0 Å². The van der Waals surface area contributed by atoms with E-state index in [1.807, 2.05) is 0 Å². The summed E-state index contributed by atoms with van der Waals surface area (Å²) in [6.45, 7) is 0. The Balaban J connectivity index is 1.13. The first kappa shape index (κ1) is 30.6. The van der Waals surface area contributed by atoms with E-state index in [2.05, 4.69) is 202 Å². The van der Waals surface area contributed by atoms with Gasteiger partial charge in [0, 0.05) is 49.0 Å². The summed E-state index contributed by atoms with van der Waals surface area (Å²) in [6, 6.07) is 67.5. The lowest BCUT2D eigenvalue weighted by molar-refractivity contribution is 1.02. The average molecular weight is 726 g/mol. The van der Waals surface area contributed by atoms with Crippen molar-refractivity contribution in [3.8, 4) is 34.0 Å². The Bertz CT molecular complexity index is 3740. The molecule has 0 saturated heterocycles. The fraction of sp³-hybridized carbons (Fsp3) is 0. The molecule has 0 spiro atoms. The maximum atomic E-state index is 5.44. The molecular formula is C52H31N5. The molecule has 0 aliphatic rings. The number of rotatable bonds is 4. The van der Waals surface area contributed by atoms with Crippen LogP contribution in [-0.2, 0) is 0 Å². The highest BCUT2D eigenvalue weighted by atomic mass is 15.2. The summed E-state index contributed by atoms with van der Waals surface area (Å²) in [6.07, 6.45) is 0. The summed E-state index contributed by atoms with van der Waals surface area (Å²) in [4.78, 5) is 10.8. The predicted octanol–water partition coefficient (Wildman–Crippen LogP) is 13.2. The average Bonchev–Trinajstić information content (AvgIpc) is 4.00. The van der Waals surface area contributed by atoms with Gasteiger partial charge in [0.2, 0.25) is 5.95 Å². The molecule has 6 heterocycles. The molecule has 264 valence electrons. The molecule has 6 aromatic heterocycles. The monoisotopic (exact) mass is 725 g/mol. The predicted molar refractivity (Wildman–Crippen MR) is 236 cm³/mol. The third-order valence-electron chi connectivity index (χ3n) is 12.0. The molecule has 5 heteroatoms. The van der Waals surface area contributed by atoms with Crippen LogP contribution in [0.4, 0.5) is 0 Å². The number of benzene rings is 7. The van der Waals surface area contributed by atoms with Crippen LogP contribution in [0.25, 0.3) is 116 Å². The van der Waals surface area contributed by atoms with Gasteiger partial charge in [0.05, 0.1) is 49.8 Å². The quantitative estimate of drug-likeness (QED) is 0.181. The lowest BCUT2D eigenvalue weighted by atomic mass is 10.0. The number of fused-ring (bicyclic) bond motifs is 12. The van der Waals surface area contributed by atoms with Gasteiger partial charge in [0.15, 0.2) is 0 Å². The Hall–Kier alpha value is -7.76. The summed E-state index contributed by atoms with van der Waals surface area (Å²) in [7, 11) is 0. The van der Waals surface area contributed by atoms with Gasteiger partial charge in [-0.2, -0.15) is 0 Å². The fourth-order valence-corrected chi connectivity index (χ4v) is 9.57. The van der Waals surface area contributed by atoms with Crippen molar-refractivity contribution in [2.45, 2.75) is 0 Å². The van der Waals surface area contributed by atoms with E-state index in [-0.39, 0.29) is 0 Å². The number of hydrogen-bond donors (Lipinski definition) is 0. The molecule has 0 radical (unpaired) electrons. The molecule has 0 bridgehead atoms. The summed E-state index contributed by atoms with van der Waals surface area (Å²) in [5.41, 5.74) is 14.6. The maximum Gasteiger partial charge on any atom is 0.235 e. The Morgan fingerprint density at radius 2 is 0.912 bits per heavy atom. The first-order valence-electron chi connectivity index (χ1n) is 19.4. The fourth-order valence-electron chi connectivity index (χ4n) is 9.57. The van der Waals surface area contributed by atoms with Gasteiger partial charge in [-0.05, 0) is 71.8 Å². The van der Waals surface area contributed by atoms with Crippen LogP contribution >= 0.6 is 0 Å². The van der Waals surface area contributed by atoms with Gasteiger partial charge in [-0.3, -0.25) is 4.57 Å². The van der Waals surface area contributed by atoms with E-state index in [9.17, 15) is 0 Å². The molecule has 0 aliphatic carbocycles. The number of pyridine rings is 1. The zero-order valence-corrected chi connectivity index (χ0v) is 30.6. The van der Waals surface area contributed by atoms with Gasteiger partial charge in [-0.25, -0.2) is 9.97 Å².